The molecule has 3 heteroatoms. The van der Waals surface area contributed by atoms with Crippen LogP contribution in [0.5, 0.6) is 0 Å². The maximum absolute atomic E-state index is 14.9. The lowest BCUT2D eigenvalue weighted by Crippen LogP contribution is -1.93. The van der Waals surface area contributed by atoms with Gasteiger partial charge < -0.3 is 0 Å². The molecule has 3 aromatic carbocycles. The molecule has 0 atom stereocenters. The van der Waals surface area contributed by atoms with Crippen LogP contribution in [-0.2, 0) is 12.8 Å². The molecule has 3 rings (SSSR count). The smallest absolute Gasteiger partial charge is 0.166 e. The van der Waals surface area contributed by atoms with E-state index in [0.717, 1.165) is 24.8 Å². The summed E-state index contributed by atoms with van der Waals surface area (Å²) in [7, 11) is 0. The maximum atomic E-state index is 14.9. The van der Waals surface area contributed by atoms with Crippen molar-refractivity contribution in [3.05, 3.63) is 107 Å². The van der Waals surface area contributed by atoms with Gasteiger partial charge in [-0.15, -0.1) is 0 Å². The highest BCUT2D eigenvalue weighted by molar-refractivity contribution is 5.90. The average molecular weight is 421 g/mol. The Morgan fingerprint density at radius 3 is 2.03 bits per heavy atom. The minimum atomic E-state index is -0.943. The van der Waals surface area contributed by atoms with E-state index in [4.69, 9.17) is 0 Å². The fourth-order valence-electron chi connectivity index (χ4n) is 3.56. The second-order valence-corrected chi connectivity index (χ2v) is 7.51. The van der Waals surface area contributed by atoms with Gasteiger partial charge in [-0.25, -0.2) is 13.2 Å². The van der Waals surface area contributed by atoms with Crippen LogP contribution >= 0.6 is 0 Å². The molecule has 0 aliphatic rings. The van der Waals surface area contributed by atoms with Crippen molar-refractivity contribution in [1.82, 2.24) is 0 Å². The number of halogens is 3. The zero-order valence-corrected chi connectivity index (χ0v) is 18.0. The summed E-state index contributed by atoms with van der Waals surface area (Å²) in [6.45, 7) is 3.90. The zero-order chi connectivity index (χ0) is 22.2. The minimum Gasteiger partial charge on any atom is -0.206 e. The summed E-state index contributed by atoms with van der Waals surface area (Å²) in [6.07, 6.45) is 11.1. The number of hydrogen-bond acceptors (Lipinski definition) is 0. The van der Waals surface area contributed by atoms with Gasteiger partial charge >= 0.3 is 0 Å². The van der Waals surface area contributed by atoms with Crippen molar-refractivity contribution in [2.75, 3.05) is 0 Å². The van der Waals surface area contributed by atoms with Crippen LogP contribution in [0.1, 0.15) is 48.9 Å². The number of fused-ring (bicyclic) bond motifs is 1. The molecule has 0 N–H and O–H groups in total. The fraction of sp³-hybridized carbons (Fsp3) is 0.214. The molecule has 3 aromatic rings. The van der Waals surface area contributed by atoms with Crippen molar-refractivity contribution in [3.8, 4) is 0 Å². The lowest BCUT2D eigenvalue weighted by atomic mass is 9.99. The molecule has 0 saturated carbocycles. The van der Waals surface area contributed by atoms with Gasteiger partial charge in [0.05, 0.1) is 0 Å². The molecule has 0 saturated heterocycles. The monoisotopic (exact) mass is 420 g/mol. The number of aryl methyl sites for hydroxylation is 2. The Kier molecular flexibility index (Phi) is 7.88. The third kappa shape index (κ3) is 5.55. The largest absolute Gasteiger partial charge is 0.206 e. The second kappa shape index (κ2) is 10.8. The molecule has 31 heavy (non-hydrogen) atoms. The first-order valence-corrected chi connectivity index (χ1v) is 10.6. The number of benzene rings is 3. The van der Waals surface area contributed by atoms with Crippen molar-refractivity contribution in [2.24, 2.45) is 0 Å². The van der Waals surface area contributed by atoms with Gasteiger partial charge in [0.15, 0.2) is 11.7 Å². The summed E-state index contributed by atoms with van der Waals surface area (Å²) in [5.74, 6) is -2.16. The second-order valence-electron chi connectivity index (χ2n) is 7.51. The number of hydrogen-bond donors (Lipinski definition) is 0. The lowest BCUT2D eigenvalue weighted by molar-refractivity contribution is 0.621. The Balaban J connectivity index is 1.85. The van der Waals surface area contributed by atoms with Gasteiger partial charge in [0.1, 0.15) is 5.82 Å². The van der Waals surface area contributed by atoms with Crippen molar-refractivity contribution >= 4 is 22.4 Å². The summed E-state index contributed by atoms with van der Waals surface area (Å²) < 4.78 is 44.4. The van der Waals surface area contributed by atoms with Gasteiger partial charge in [-0.2, -0.15) is 0 Å². The third-order valence-electron chi connectivity index (χ3n) is 5.34. The van der Waals surface area contributed by atoms with Gasteiger partial charge in [0.25, 0.3) is 0 Å². The first-order valence-electron chi connectivity index (χ1n) is 10.6. The Hall–Kier alpha value is -3.07. The Bertz CT molecular complexity index is 1120. The van der Waals surface area contributed by atoms with Gasteiger partial charge in [-0.3, -0.25) is 0 Å². The fourth-order valence-corrected chi connectivity index (χ4v) is 3.56. The molecule has 0 bridgehead atoms. The predicted molar refractivity (Wildman–Crippen MR) is 126 cm³/mol. The molecule has 0 fully saturated rings. The maximum Gasteiger partial charge on any atom is 0.166 e. The van der Waals surface area contributed by atoms with Crippen molar-refractivity contribution < 1.29 is 13.2 Å². The standard InChI is InChI=1S/C28H27F3/c1-3-5-7-9-20-11-13-22(14-12-20)27(30)28(31)24-17-18-25-23(19-24)16-15-21(26(25)29)10-8-6-4-2/h3-6,11-19H,7-10H2,1-2H3/b5-3+,6-4+,28-27?. The van der Waals surface area contributed by atoms with Crippen molar-refractivity contribution in [3.63, 3.8) is 0 Å². The van der Waals surface area contributed by atoms with E-state index in [0.29, 0.717) is 22.8 Å². The Labute approximate surface area is 182 Å². The molecule has 0 nitrogen and oxygen atoms in total. The molecular formula is C28H27F3. The van der Waals surface area contributed by atoms with E-state index in [1.54, 1.807) is 24.3 Å². The van der Waals surface area contributed by atoms with E-state index in [1.807, 2.05) is 44.2 Å². The molecule has 0 aliphatic carbocycles. The highest BCUT2D eigenvalue weighted by Crippen LogP contribution is 2.32. The van der Waals surface area contributed by atoms with Crippen molar-refractivity contribution in [2.45, 2.75) is 39.5 Å². The van der Waals surface area contributed by atoms with E-state index in [1.165, 1.54) is 18.2 Å². The van der Waals surface area contributed by atoms with E-state index < -0.39 is 11.7 Å². The molecule has 0 amide bonds. The number of rotatable bonds is 8. The van der Waals surface area contributed by atoms with Crippen molar-refractivity contribution in [1.29, 1.82) is 0 Å². The van der Waals surface area contributed by atoms with Crippen LogP contribution in [0.3, 0.4) is 0 Å². The Morgan fingerprint density at radius 2 is 1.35 bits per heavy atom. The molecule has 0 spiro atoms. The summed E-state index contributed by atoms with van der Waals surface area (Å²) in [5, 5.41) is 0.965. The molecule has 0 heterocycles. The van der Waals surface area contributed by atoms with Gasteiger partial charge in [0.2, 0.25) is 0 Å². The highest BCUT2D eigenvalue weighted by Gasteiger charge is 2.14. The van der Waals surface area contributed by atoms with E-state index in [-0.39, 0.29) is 16.9 Å². The molecule has 0 radical (unpaired) electrons. The van der Waals surface area contributed by atoms with Crippen LogP contribution < -0.4 is 0 Å². The van der Waals surface area contributed by atoms with Gasteiger partial charge in [-0.1, -0.05) is 72.8 Å². The lowest BCUT2D eigenvalue weighted by Gasteiger charge is -2.08. The number of allylic oxidation sites excluding steroid dienone is 4. The molecule has 0 aliphatic heterocycles. The Morgan fingerprint density at radius 1 is 0.742 bits per heavy atom. The topological polar surface area (TPSA) is 0 Å². The van der Waals surface area contributed by atoms with Crippen LogP contribution in [-0.4, -0.2) is 0 Å². The SMILES string of the molecule is C/C=C/CCc1ccc(C(F)=C(F)c2ccc3c(F)c(CC/C=C/C)ccc3c2)cc1. The molecule has 160 valence electrons. The van der Waals surface area contributed by atoms with Crippen LogP contribution in [0.2, 0.25) is 0 Å². The van der Waals surface area contributed by atoms with Crippen LogP contribution in [0.15, 0.2) is 78.9 Å². The van der Waals surface area contributed by atoms with Gasteiger partial charge in [0, 0.05) is 16.5 Å². The van der Waals surface area contributed by atoms with E-state index in [2.05, 4.69) is 6.08 Å². The molecular weight excluding hydrogens is 393 g/mol. The average Bonchev–Trinajstić information content (AvgIpc) is 2.80. The zero-order valence-electron chi connectivity index (χ0n) is 18.0. The summed E-state index contributed by atoms with van der Waals surface area (Å²) in [5.41, 5.74) is 1.98. The van der Waals surface area contributed by atoms with Crippen LogP contribution in [0.25, 0.3) is 22.4 Å². The van der Waals surface area contributed by atoms with E-state index in [9.17, 15) is 13.2 Å². The first kappa shape index (κ1) is 22.6. The summed E-state index contributed by atoms with van der Waals surface area (Å²) in [6, 6.07) is 14.8. The van der Waals surface area contributed by atoms with Crippen LogP contribution in [0, 0.1) is 5.82 Å². The van der Waals surface area contributed by atoms with Crippen LogP contribution in [0.4, 0.5) is 13.2 Å². The predicted octanol–water partition coefficient (Wildman–Crippen LogP) is 8.76. The summed E-state index contributed by atoms with van der Waals surface area (Å²) in [4.78, 5) is 0. The third-order valence-corrected chi connectivity index (χ3v) is 5.34. The first-order chi connectivity index (χ1) is 15.0. The quantitative estimate of drug-likeness (QED) is 0.252. The highest BCUT2D eigenvalue weighted by atomic mass is 19.2. The summed E-state index contributed by atoms with van der Waals surface area (Å²) >= 11 is 0. The molecule has 0 unspecified atom stereocenters. The molecule has 0 aromatic heterocycles. The van der Waals surface area contributed by atoms with Gasteiger partial charge in [-0.05, 0) is 62.1 Å². The minimum absolute atomic E-state index is 0.100. The van der Waals surface area contributed by atoms with E-state index >= 15 is 0 Å². The normalized spacial score (nSPS) is 12.8.